The molecule has 4 N–H and O–H groups in total. The molecule has 0 radical (unpaired) electrons. The number of nitrogens with one attached hydrogen (secondary N) is 2. The average molecular weight is 288 g/mol. The maximum absolute atomic E-state index is 11.7. The minimum absolute atomic E-state index is 0.182. The normalized spacial score (nSPS) is 13.6. The van der Waals surface area contributed by atoms with E-state index in [9.17, 15) is 9.59 Å². The first kappa shape index (κ1) is 18.9. The summed E-state index contributed by atoms with van der Waals surface area (Å²) in [6, 6.07) is -0.784. The predicted octanol–water partition coefficient (Wildman–Crippen LogP) is 0.321. The molecule has 2 amide bonds. The number of unbranched alkanes of at least 4 members (excludes halogenated alkanes) is 2. The lowest BCUT2D eigenvalue weighted by molar-refractivity contribution is -0.140. The van der Waals surface area contributed by atoms with E-state index in [-0.39, 0.29) is 13.2 Å². The molecule has 0 saturated heterocycles. The van der Waals surface area contributed by atoms with Crippen LogP contribution in [0.1, 0.15) is 52.4 Å². The second-order valence-corrected chi connectivity index (χ2v) is 4.99. The van der Waals surface area contributed by atoms with Crippen LogP contribution in [0.5, 0.6) is 0 Å². The van der Waals surface area contributed by atoms with Gasteiger partial charge in [0.1, 0.15) is 0 Å². The van der Waals surface area contributed by atoms with Gasteiger partial charge in [-0.2, -0.15) is 0 Å². The summed E-state index contributed by atoms with van der Waals surface area (Å²) in [5.74, 6) is -1.51. The van der Waals surface area contributed by atoms with E-state index in [2.05, 4.69) is 10.6 Å². The van der Waals surface area contributed by atoms with E-state index in [0.29, 0.717) is 12.8 Å². The summed E-state index contributed by atoms with van der Waals surface area (Å²) < 4.78 is 0. The third-order valence-corrected chi connectivity index (χ3v) is 3.13. The van der Waals surface area contributed by atoms with Gasteiger partial charge in [0.05, 0.1) is 25.3 Å². The van der Waals surface area contributed by atoms with Crippen molar-refractivity contribution in [1.29, 1.82) is 0 Å². The standard InChI is InChI=1S/C14H28N2O4/c1-3-5-7-11(9-17)15-13(19)14(20)16-12(10-18)8-6-4-2/h11-12,17-18H,3-10H2,1-2H3,(H,15,19)(H,16,20). The number of aliphatic hydroxyl groups is 2. The minimum Gasteiger partial charge on any atom is -0.394 e. The summed E-state index contributed by atoms with van der Waals surface area (Å²) in [4.78, 5) is 23.4. The van der Waals surface area contributed by atoms with E-state index in [1.165, 1.54) is 0 Å². The van der Waals surface area contributed by atoms with E-state index in [4.69, 9.17) is 10.2 Å². The van der Waals surface area contributed by atoms with Gasteiger partial charge in [0.2, 0.25) is 0 Å². The summed E-state index contributed by atoms with van der Waals surface area (Å²) >= 11 is 0. The Morgan fingerprint density at radius 3 is 1.45 bits per heavy atom. The Labute approximate surface area is 120 Å². The van der Waals surface area contributed by atoms with Crippen molar-refractivity contribution < 1.29 is 19.8 Å². The minimum atomic E-state index is -0.755. The lowest BCUT2D eigenvalue weighted by atomic mass is 10.1. The zero-order valence-electron chi connectivity index (χ0n) is 12.5. The molecule has 0 aliphatic heterocycles. The van der Waals surface area contributed by atoms with Crippen LogP contribution < -0.4 is 10.6 Å². The first-order valence-electron chi connectivity index (χ1n) is 7.42. The van der Waals surface area contributed by atoms with Crippen LogP contribution >= 0.6 is 0 Å². The highest BCUT2D eigenvalue weighted by Gasteiger charge is 2.20. The molecule has 0 fully saturated rings. The Kier molecular flexibility index (Phi) is 11.0. The molecule has 2 atom stereocenters. The van der Waals surface area contributed by atoms with Crippen molar-refractivity contribution in [3.63, 3.8) is 0 Å². The first-order valence-corrected chi connectivity index (χ1v) is 7.42. The van der Waals surface area contributed by atoms with Gasteiger partial charge in [-0.3, -0.25) is 9.59 Å². The number of rotatable bonds is 10. The Balaban J connectivity index is 4.20. The van der Waals surface area contributed by atoms with Gasteiger partial charge < -0.3 is 20.8 Å². The molecule has 0 rings (SSSR count). The van der Waals surface area contributed by atoms with E-state index in [1.807, 2.05) is 13.8 Å². The molecule has 0 aliphatic carbocycles. The number of hydrogen-bond donors (Lipinski definition) is 4. The smallest absolute Gasteiger partial charge is 0.309 e. The number of hydrogen-bond acceptors (Lipinski definition) is 4. The second kappa shape index (κ2) is 11.7. The largest absolute Gasteiger partial charge is 0.394 e. The van der Waals surface area contributed by atoms with Crippen molar-refractivity contribution in [3.8, 4) is 0 Å². The predicted molar refractivity (Wildman–Crippen MR) is 77.1 cm³/mol. The van der Waals surface area contributed by atoms with Crippen LogP contribution in [0.15, 0.2) is 0 Å². The van der Waals surface area contributed by atoms with Crippen molar-refractivity contribution in [3.05, 3.63) is 0 Å². The van der Waals surface area contributed by atoms with Crippen molar-refractivity contribution in [2.75, 3.05) is 13.2 Å². The molecule has 0 heterocycles. The number of carbonyl (C=O) groups excluding carboxylic acids is 2. The third-order valence-electron chi connectivity index (χ3n) is 3.13. The highest BCUT2D eigenvalue weighted by molar-refractivity contribution is 6.35. The Hall–Kier alpha value is -1.14. The summed E-state index contributed by atoms with van der Waals surface area (Å²) in [6.45, 7) is 3.67. The van der Waals surface area contributed by atoms with Crippen LogP contribution in [0.3, 0.4) is 0 Å². The van der Waals surface area contributed by atoms with Crippen LogP contribution in [-0.4, -0.2) is 47.3 Å². The van der Waals surface area contributed by atoms with E-state index in [0.717, 1.165) is 25.7 Å². The van der Waals surface area contributed by atoms with Gasteiger partial charge >= 0.3 is 11.8 Å². The Morgan fingerprint density at radius 2 is 1.20 bits per heavy atom. The van der Waals surface area contributed by atoms with Crippen LogP contribution in [0.4, 0.5) is 0 Å². The summed E-state index contributed by atoms with van der Waals surface area (Å²) in [7, 11) is 0. The molecule has 6 heteroatoms. The molecule has 0 aromatic rings. The zero-order chi connectivity index (χ0) is 15.4. The number of carbonyl (C=O) groups is 2. The van der Waals surface area contributed by atoms with E-state index in [1.54, 1.807) is 0 Å². The van der Waals surface area contributed by atoms with Crippen molar-refractivity contribution in [2.45, 2.75) is 64.5 Å². The molecule has 0 spiro atoms. The van der Waals surface area contributed by atoms with Gasteiger partial charge in [-0.25, -0.2) is 0 Å². The topological polar surface area (TPSA) is 98.7 Å². The molecule has 0 aliphatic rings. The van der Waals surface area contributed by atoms with Crippen molar-refractivity contribution in [1.82, 2.24) is 10.6 Å². The van der Waals surface area contributed by atoms with Gasteiger partial charge in [-0.15, -0.1) is 0 Å². The molecular formula is C14H28N2O4. The lowest BCUT2D eigenvalue weighted by Gasteiger charge is -2.18. The third kappa shape index (κ3) is 8.12. The molecule has 0 bridgehead atoms. The molecule has 0 saturated carbocycles. The van der Waals surface area contributed by atoms with Gasteiger partial charge in [0.15, 0.2) is 0 Å². The molecule has 2 unspecified atom stereocenters. The van der Waals surface area contributed by atoms with Gasteiger partial charge in [0.25, 0.3) is 0 Å². The van der Waals surface area contributed by atoms with Gasteiger partial charge in [0, 0.05) is 0 Å². The maximum Gasteiger partial charge on any atom is 0.309 e. The molecule has 118 valence electrons. The van der Waals surface area contributed by atoms with E-state index < -0.39 is 23.9 Å². The quantitative estimate of drug-likeness (QED) is 0.435. The average Bonchev–Trinajstić information content (AvgIpc) is 2.47. The van der Waals surface area contributed by atoms with Gasteiger partial charge in [-0.05, 0) is 12.8 Å². The van der Waals surface area contributed by atoms with E-state index >= 15 is 0 Å². The summed E-state index contributed by atoms with van der Waals surface area (Å²) in [5, 5.41) is 23.3. The lowest BCUT2D eigenvalue weighted by Crippen LogP contribution is -2.49. The number of amides is 2. The van der Waals surface area contributed by atoms with Crippen molar-refractivity contribution in [2.24, 2.45) is 0 Å². The highest BCUT2D eigenvalue weighted by atomic mass is 16.3. The monoisotopic (exact) mass is 288 g/mol. The van der Waals surface area contributed by atoms with Crippen LogP contribution in [0.2, 0.25) is 0 Å². The molecular weight excluding hydrogens is 260 g/mol. The molecule has 20 heavy (non-hydrogen) atoms. The zero-order valence-corrected chi connectivity index (χ0v) is 12.5. The SMILES string of the molecule is CCCCC(CO)NC(=O)C(=O)NC(CO)CCCC. The fraction of sp³-hybridized carbons (Fsp3) is 0.857. The Bertz CT molecular complexity index is 256. The summed E-state index contributed by atoms with van der Waals surface area (Å²) in [6.07, 6.45) is 4.96. The first-order chi connectivity index (χ1) is 9.58. The maximum atomic E-state index is 11.7. The fourth-order valence-electron chi connectivity index (χ4n) is 1.82. The number of aliphatic hydroxyl groups excluding tert-OH is 2. The molecule has 6 nitrogen and oxygen atoms in total. The summed E-state index contributed by atoms with van der Waals surface area (Å²) in [5.41, 5.74) is 0. The van der Waals surface area contributed by atoms with Gasteiger partial charge in [-0.1, -0.05) is 39.5 Å². The molecule has 0 aromatic carbocycles. The second-order valence-electron chi connectivity index (χ2n) is 4.99. The fourth-order valence-corrected chi connectivity index (χ4v) is 1.82. The van der Waals surface area contributed by atoms with Crippen molar-refractivity contribution >= 4 is 11.8 Å². The van der Waals surface area contributed by atoms with Crippen LogP contribution in [0, 0.1) is 0 Å². The highest BCUT2D eigenvalue weighted by Crippen LogP contribution is 2.01. The Morgan fingerprint density at radius 1 is 0.850 bits per heavy atom. The van der Waals surface area contributed by atoms with Crippen LogP contribution in [-0.2, 0) is 9.59 Å². The van der Waals surface area contributed by atoms with Crippen LogP contribution in [0.25, 0.3) is 0 Å². The molecule has 0 aromatic heterocycles.